The summed E-state index contributed by atoms with van der Waals surface area (Å²) in [6.45, 7) is -1.50. The van der Waals surface area contributed by atoms with Gasteiger partial charge >= 0.3 is 6.61 Å². The lowest BCUT2D eigenvalue weighted by Crippen LogP contribution is -2.45. The summed E-state index contributed by atoms with van der Waals surface area (Å²) < 4.78 is 28.6. The van der Waals surface area contributed by atoms with Crippen LogP contribution >= 0.6 is 11.3 Å². The van der Waals surface area contributed by atoms with Crippen LogP contribution in [0, 0.1) is 5.92 Å². The van der Waals surface area contributed by atoms with Crippen molar-refractivity contribution in [2.45, 2.75) is 26.0 Å². The average Bonchev–Trinajstić information content (AvgIpc) is 3.21. The van der Waals surface area contributed by atoms with Crippen molar-refractivity contribution in [3.8, 4) is 5.75 Å². The minimum atomic E-state index is -2.86. The van der Waals surface area contributed by atoms with Gasteiger partial charge in [0.1, 0.15) is 5.75 Å². The Labute approximate surface area is 159 Å². The van der Waals surface area contributed by atoms with Crippen LogP contribution in [0.3, 0.4) is 0 Å². The molecule has 0 saturated carbocycles. The minimum Gasteiger partial charge on any atom is -0.435 e. The second kappa shape index (κ2) is 8.94. The van der Waals surface area contributed by atoms with E-state index >= 15 is 0 Å². The molecular weight excluding hydrogens is 374 g/mol. The quantitative estimate of drug-likeness (QED) is 0.816. The third-order valence-electron chi connectivity index (χ3n) is 4.43. The topological polar surface area (TPSA) is 58.6 Å². The SMILES string of the molecule is O=C(NCc1ccc(OC(F)F)cc1)C1CCCN(C(=O)c2cccs2)C1. The Morgan fingerprint density at radius 3 is 2.70 bits per heavy atom. The van der Waals surface area contributed by atoms with Crippen molar-refractivity contribution in [1.82, 2.24) is 10.2 Å². The predicted molar refractivity (Wildman–Crippen MR) is 97.9 cm³/mol. The van der Waals surface area contributed by atoms with Gasteiger partial charge in [-0.1, -0.05) is 18.2 Å². The van der Waals surface area contributed by atoms with E-state index in [2.05, 4.69) is 10.1 Å². The highest BCUT2D eigenvalue weighted by atomic mass is 32.1. The van der Waals surface area contributed by atoms with Gasteiger partial charge in [0, 0.05) is 19.6 Å². The molecule has 2 aromatic rings. The molecule has 8 heteroatoms. The first-order valence-electron chi connectivity index (χ1n) is 8.67. The van der Waals surface area contributed by atoms with Gasteiger partial charge in [-0.3, -0.25) is 9.59 Å². The van der Waals surface area contributed by atoms with E-state index in [1.807, 2.05) is 11.4 Å². The van der Waals surface area contributed by atoms with Gasteiger partial charge in [-0.05, 0) is 42.0 Å². The summed E-state index contributed by atoms with van der Waals surface area (Å²) in [4.78, 5) is 27.3. The number of hydrogen-bond acceptors (Lipinski definition) is 4. The summed E-state index contributed by atoms with van der Waals surface area (Å²) in [7, 11) is 0. The normalized spacial score (nSPS) is 17.0. The summed E-state index contributed by atoms with van der Waals surface area (Å²) in [5.74, 6) is -0.303. The molecule has 1 aliphatic heterocycles. The zero-order valence-electron chi connectivity index (χ0n) is 14.6. The van der Waals surface area contributed by atoms with Crippen molar-refractivity contribution in [3.63, 3.8) is 0 Å². The molecule has 1 fully saturated rings. The first kappa shape index (κ1) is 19.3. The Hall–Kier alpha value is -2.48. The zero-order chi connectivity index (χ0) is 19.2. The second-order valence-electron chi connectivity index (χ2n) is 6.31. The monoisotopic (exact) mass is 394 g/mol. The van der Waals surface area contributed by atoms with Crippen LogP contribution in [0.15, 0.2) is 41.8 Å². The highest BCUT2D eigenvalue weighted by molar-refractivity contribution is 7.12. The number of nitrogens with one attached hydrogen (secondary N) is 1. The summed E-state index contributed by atoms with van der Waals surface area (Å²) in [5.41, 5.74) is 0.785. The fourth-order valence-corrected chi connectivity index (χ4v) is 3.74. The number of carbonyl (C=O) groups is 2. The highest BCUT2D eigenvalue weighted by Gasteiger charge is 2.29. The predicted octanol–water partition coefficient (Wildman–Crippen LogP) is 3.52. The number of hydrogen-bond donors (Lipinski definition) is 1. The lowest BCUT2D eigenvalue weighted by molar-refractivity contribution is -0.126. The molecule has 27 heavy (non-hydrogen) atoms. The van der Waals surface area contributed by atoms with Gasteiger partial charge in [-0.15, -0.1) is 11.3 Å². The van der Waals surface area contributed by atoms with Crippen molar-refractivity contribution < 1.29 is 23.1 Å². The molecule has 3 rings (SSSR count). The molecule has 2 heterocycles. The van der Waals surface area contributed by atoms with Crippen LogP contribution in [-0.4, -0.2) is 36.4 Å². The van der Waals surface area contributed by atoms with Crippen molar-refractivity contribution in [2.24, 2.45) is 5.92 Å². The van der Waals surface area contributed by atoms with Crippen LogP contribution in [0.4, 0.5) is 8.78 Å². The molecule has 1 unspecified atom stereocenters. The fourth-order valence-electron chi connectivity index (χ4n) is 3.05. The molecule has 0 radical (unpaired) electrons. The number of piperidine rings is 1. The van der Waals surface area contributed by atoms with Gasteiger partial charge in [-0.25, -0.2) is 0 Å². The van der Waals surface area contributed by atoms with Gasteiger partial charge < -0.3 is 15.0 Å². The van der Waals surface area contributed by atoms with Crippen molar-refractivity contribution in [1.29, 1.82) is 0 Å². The van der Waals surface area contributed by atoms with E-state index in [9.17, 15) is 18.4 Å². The summed E-state index contributed by atoms with van der Waals surface area (Å²) in [6, 6.07) is 9.77. The van der Waals surface area contributed by atoms with E-state index in [-0.39, 0.29) is 23.5 Å². The molecule has 1 aromatic heterocycles. The van der Waals surface area contributed by atoms with E-state index in [1.54, 1.807) is 23.1 Å². The molecule has 5 nitrogen and oxygen atoms in total. The van der Waals surface area contributed by atoms with Crippen molar-refractivity contribution in [3.05, 3.63) is 52.2 Å². The number of amides is 2. The molecule has 2 amide bonds. The Bertz CT molecular complexity index is 766. The maximum absolute atomic E-state index is 12.5. The van der Waals surface area contributed by atoms with Gasteiger partial charge in [0.2, 0.25) is 5.91 Å². The molecular formula is C19H20F2N2O3S. The highest BCUT2D eigenvalue weighted by Crippen LogP contribution is 2.21. The maximum Gasteiger partial charge on any atom is 0.387 e. The van der Waals surface area contributed by atoms with Crippen molar-refractivity contribution >= 4 is 23.2 Å². The number of alkyl halides is 2. The van der Waals surface area contributed by atoms with E-state index in [4.69, 9.17) is 0 Å². The van der Waals surface area contributed by atoms with Crippen LogP contribution in [-0.2, 0) is 11.3 Å². The largest absolute Gasteiger partial charge is 0.435 e. The first-order valence-corrected chi connectivity index (χ1v) is 9.55. The van der Waals surface area contributed by atoms with Gasteiger partial charge in [0.25, 0.3) is 5.91 Å². The van der Waals surface area contributed by atoms with Crippen LogP contribution in [0.2, 0.25) is 0 Å². The number of benzene rings is 1. The standard InChI is InChI=1S/C19H20F2N2O3S/c20-19(21)26-15-7-5-13(6-8-15)11-22-17(24)14-3-1-9-23(12-14)18(25)16-4-2-10-27-16/h2,4-8,10,14,19H,1,3,9,11-12H2,(H,22,24). The zero-order valence-corrected chi connectivity index (χ0v) is 15.4. The van der Waals surface area contributed by atoms with E-state index in [0.717, 1.165) is 18.4 Å². The summed E-state index contributed by atoms with van der Waals surface area (Å²) in [6.07, 6.45) is 1.52. The number of nitrogens with zero attached hydrogens (tertiary/aromatic N) is 1. The van der Waals surface area contributed by atoms with Crippen LogP contribution in [0.5, 0.6) is 5.75 Å². The molecule has 144 valence electrons. The van der Waals surface area contributed by atoms with Gasteiger partial charge in [-0.2, -0.15) is 8.78 Å². The molecule has 0 aliphatic carbocycles. The Kier molecular flexibility index (Phi) is 6.39. The Morgan fingerprint density at radius 1 is 1.26 bits per heavy atom. The van der Waals surface area contributed by atoms with E-state index < -0.39 is 6.61 Å². The van der Waals surface area contributed by atoms with Crippen LogP contribution in [0.1, 0.15) is 28.1 Å². The smallest absolute Gasteiger partial charge is 0.387 e. The number of carbonyl (C=O) groups excluding carboxylic acids is 2. The summed E-state index contributed by atoms with van der Waals surface area (Å²) >= 11 is 1.40. The van der Waals surface area contributed by atoms with Gasteiger partial charge in [0.15, 0.2) is 0 Å². The lowest BCUT2D eigenvalue weighted by Gasteiger charge is -2.31. The molecule has 1 aliphatic rings. The van der Waals surface area contributed by atoms with Gasteiger partial charge in [0.05, 0.1) is 10.8 Å². The molecule has 0 spiro atoms. The molecule has 1 atom stereocenters. The van der Waals surface area contributed by atoms with E-state index in [1.165, 1.54) is 23.5 Å². The number of halogens is 2. The number of likely N-dealkylation sites (tertiary alicyclic amines) is 1. The number of rotatable bonds is 6. The lowest BCUT2D eigenvalue weighted by atomic mass is 9.97. The third-order valence-corrected chi connectivity index (χ3v) is 5.28. The minimum absolute atomic E-state index is 0.0304. The third kappa shape index (κ3) is 5.26. The van der Waals surface area contributed by atoms with E-state index in [0.29, 0.717) is 24.5 Å². The molecule has 1 aromatic carbocycles. The molecule has 1 saturated heterocycles. The Balaban J connectivity index is 1.51. The average molecular weight is 394 g/mol. The first-order chi connectivity index (χ1) is 13.0. The summed E-state index contributed by atoms with van der Waals surface area (Å²) in [5, 5.41) is 4.72. The maximum atomic E-state index is 12.5. The van der Waals surface area contributed by atoms with Crippen LogP contribution in [0.25, 0.3) is 0 Å². The molecule has 0 bridgehead atoms. The number of ether oxygens (including phenoxy) is 1. The Morgan fingerprint density at radius 2 is 2.04 bits per heavy atom. The second-order valence-corrected chi connectivity index (χ2v) is 7.26. The molecule has 1 N–H and O–H groups in total. The fraction of sp³-hybridized carbons (Fsp3) is 0.368. The number of thiophene rings is 1. The van der Waals surface area contributed by atoms with Crippen LogP contribution < -0.4 is 10.1 Å². The van der Waals surface area contributed by atoms with Crippen molar-refractivity contribution in [2.75, 3.05) is 13.1 Å².